The molecule has 1 aromatic carbocycles. The topological polar surface area (TPSA) is 77.8 Å². The fourth-order valence-corrected chi connectivity index (χ4v) is 3.44. The molecule has 1 aliphatic rings. The Morgan fingerprint density at radius 1 is 0.933 bits per heavy atom. The van der Waals surface area contributed by atoms with Crippen molar-refractivity contribution >= 4 is 23.4 Å². The Kier molecular flexibility index (Phi) is 8.30. The lowest BCUT2D eigenvalue weighted by Crippen LogP contribution is -2.51. The normalized spacial score (nSPS) is 15.1. The molecule has 0 unspecified atom stereocenters. The van der Waals surface area contributed by atoms with E-state index in [9.17, 15) is 9.59 Å². The third-order valence-corrected chi connectivity index (χ3v) is 5.27. The van der Waals surface area contributed by atoms with E-state index in [0.29, 0.717) is 30.4 Å². The van der Waals surface area contributed by atoms with Gasteiger partial charge in [-0.05, 0) is 42.8 Å². The summed E-state index contributed by atoms with van der Waals surface area (Å²) in [5.74, 6) is 1.49. The molecule has 7 nitrogen and oxygen atoms in total. The van der Waals surface area contributed by atoms with E-state index in [1.165, 1.54) is 0 Å². The van der Waals surface area contributed by atoms with E-state index in [-0.39, 0.29) is 11.8 Å². The third-order valence-electron chi connectivity index (χ3n) is 5.02. The summed E-state index contributed by atoms with van der Waals surface area (Å²) in [6.07, 6.45) is 0.940. The van der Waals surface area contributed by atoms with E-state index in [0.717, 1.165) is 50.5 Å². The first kappa shape index (κ1) is 22.3. The fraction of sp³-hybridized carbons (Fsp3) is 0.455. The van der Waals surface area contributed by atoms with Crippen LogP contribution in [0.5, 0.6) is 0 Å². The van der Waals surface area contributed by atoms with Crippen LogP contribution in [0.15, 0.2) is 40.8 Å². The first-order chi connectivity index (χ1) is 14.5. The molecular weight excluding hydrogens is 404 g/mol. The minimum Gasteiger partial charge on any atom is -0.459 e. The van der Waals surface area contributed by atoms with Gasteiger partial charge in [-0.25, -0.2) is 0 Å². The van der Waals surface area contributed by atoms with Crippen molar-refractivity contribution in [2.24, 2.45) is 0 Å². The molecule has 2 amide bonds. The number of piperazine rings is 1. The number of amides is 2. The first-order valence-electron chi connectivity index (χ1n) is 10.4. The number of furan rings is 1. The smallest absolute Gasteiger partial charge is 0.234 e. The van der Waals surface area contributed by atoms with Crippen molar-refractivity contribution in [2.45, 2.75) is 19.9 Å². The van der Waals surface area contributed by atoms with Crippen LogP contribution in [0.4, 0.5) is 0 Å². The van der Waals surface area contributed by atoms with Gasteiger partial charge >= 0.3 is 0 Å². The van der Waals surface area contributed by atoms with E-state index in [2.05, 4.69) is 20.4 Å². The summed E-state index contributed by atoms with van der Waals surface area (Å²) >= 11 is 5.91. The van der Waals surface area contributed by atoms with Gasteiger partial charge in [-0.2, -0.15) is 0 Å². The van der Waals surface area contributed by atoms with Crippen LogP contribution in [0.1, 0.15) is 19.1 Å². The molecule has 0 saturated carbocycles. The quantitative estimate of drug-likeness (QED) is 0.636. The van der Waals surface area contributed by atoms with Gasteiger partial charge in [0.05, 0.1) is 19.6 Å². The van der Waals surface area contributed by atoms with Crippen molar-refractivity contribution in [1.29, 1.82) is 0 Å². The second-order valence-electron chi connectivity index (χ2n) is 7.45. The van der Waals surface area contributed by atoms with Crippen molar-refractivity contribution in [1.82, 2.24) is 20.4 Å². The third kappa shape index (κ3) is 6.86. The monoisotopic (exact) mass is 432 g/mol. The molecular formula is C22H29ClN4O3. The minimum absolute atomic E-state index is 0.0337. The number of hydrogen-bond donors (Lipinski definition) is 2. The SMILES string of the molecule is CCCNC(=O)CN1CCN(CC(=O)NCc2ccc(-c3ccc(Cl)cc3)o2)CC1. The summed E-state index contributed by atoms with van der Waals surface area (Å²) in [6.45, 7) is 7.00. The molecule has 1 saturated heterocycles. The molecule has 0 spiro atoms. The summed E-state index contributed by atoms with van der Waals surface area (Å²) in [5, 5.41) is 6.49. The zero-order valence-electron chi connectivity index (χ0n) is 17.3. The average molecular weight is 433 g/mol. The van der Waals surface area contributed by atoms with Crippen LogP contribution in [-0.4, -0.2) is 67.4 Å². The van der Waals surface area contributed by atoms with Crippen LogP contribution in [0.3, 0.4) is 0 Å². The Morgan fingerprint density at radius 3 is 2.13 bits per heavy atom. The lowest BCUT2D eigenvalue weighted by Gasteiger charge is -2.33. The zero-order valence-corrected chi connectivity index (χ0v) is 18.1. The van der Waals surface area contributed by atoms with Crippen molar-refractivity contribution < 1.29 is 14.0 Å². The number of rotatable bonds is 9. The maximum Gasteiger partial charge on any atom is 0.234 e. The van der Waals surface area contributed by atoms with Gasteiger partial charge in [0.15, 0.2) is 0 Å². The van der Waals surface area contributed by atoms with E-state index in [1.807, 2.05) is 43.3 Å². The Balaban J connectivity index is 1.36. The Hall–Kier alpha value is -2.35. The van der Waals surface area contributed by atoms with Crippen LogP contribution in [0, 0.1) is 0 Å². The molecule has 3 rings (SSSR count). The molecule has 0 atom stereocenters. The Labute approximate surface area is 182 Å². The predicted molar refractivity (Wildman–Crippen MR) is 117 cm³/mol. The molecule has 8 heteroatoms. The van der Waals surface area contributed by atoms with E-state index < -0.39 is 0 Å². The van der Waals surface area contributed by atoms with E-state index in [1.54, 1.807) is 0 Å². The highest BCUT2D eigenvalue weighted by Gasteiger charge is 2.20. The fourth-order valence-electron chi connectivity index (χ4n) is 3.32. The van der Waals surface area contributed by atoms with Crippen molar-refractivity contribution in [3.05, 3.63) is 47.2 Å². The molecule has 0 bridgehead atoms. The summed E-state index contributed by atoms with van der Waals surface area (Å²) < 4.78 is 5.81. The lowest BCUT2D eigenvalue weighted by molar-refractivity contribution is -0.125. The van der Waals surface area contributed by atoms with Crippen LogP contribution in [0.2, 0.25) is 5.02 Å². The second kappa shape index (κ2) is 11.2. The van der Waals surface area contributed by atoms with Gasteiger partial charge in [-0.15, -0.1) is 0 Å². The molecule has 2 heterocycles. The standard InChI is InChI=1S/C22H29ClN4O3/c1-2-9-24-21(28)15-26-10-12-27(13-11-26)16-22(29)25-14-19-7-8-20(30-19)17-3-5-18(23)6-4-17/h3-8H,2,9-16H2,1H3,(H,24,28)(H,25,29). The molecule has 30 heavy (non-hydrogen) atoms. The second-order valence-corrected chi connectivity index (χ2v) is 7.89. The average Bonchev–Trinajstić information content (AvgIpc) is 3.22. The number of carbonyl (C=O) groups excluding carboxylic acids is 2. The molecule has 0 radical (unpaired) electrons. The van der Waals surface area contributed by atoms with Crippen molar-refractivity contribution in [2.75, 3.05) is 45.8 Å². The first-order valence-corrected chi connectivity index (χ1v) is 10.7. The van der Waals surface area contributed by atoms with Crippen molar-refractivity contribution in [3.8, 4) is 11.3 Å². The van der Waals surface area contributed by atoms with Crippen LogP contribution >= 0.6 is 11.6 Å². The van der Waals surface area contributed by atoms with Gasteiger partial charge in [0.1, 0.15) is 11.5 Å². The molecule has 0 aliphatic carbocycles. The van der Waals surface area contributed by atoms with Gasteiger partial charge in [0.25, 0.3) is 0 Å². The minimum atomic E-state index is -0.0337. The number of carbonyl (C=O) groups is 2. The number of hydrogen-bond acceptors (Lipinski definition) is 5. The van der Waals surface area contributed by atoms with E-state index >= 15 is 0 Å². The number of nitrogens with zero attached hydrogens (tertiary/aromatic N) is 2. The maximum absolute atomic E-state index is 12.3. The van der Waals surface area contributed by atoms with Crippen LogP contribution in [0.25, 0.3) is 11.3 Å². The summed E-state index contributed by atoms with van der Waals surface area (Å²) in [5.41, 5.74) is 0.943. The Morgan fingerprint density at radius 2 is 1.53 bits per heavy atom. The van der Waals surface area contributed by atoms with Gasteiger partial charge in [0.2, 0.25) is 11.8 Å². The highest BCUT2D eigenvalue weighted by Crippen LogP contribution is 2.23. The largest absolute Gasteiger partial charge is 0.459 e. The van der Waals surface area contributed by atoms with Gasteiger partial charge < -0.3 is 15.1 Å². The van der Waals surface area contributed by atoms with Gasteiger partial charge in [-0.3, -0.25) is 19.4 Å². The molecule has 1 aromatic heterocycles. The van der Waals surface area contributed by atoms with E-state index in [4.69, 9.17) is 16.0 Å². The molecule has 2 N–H and O–H groups in total. The zero-order chi connectivity index (χ0) is 21.3. The van der Waals surface area contributed by atoms with Gasteiger partial charge in [-0.1, -0.05) is 18.5 Å². The Bertz CT molecular complexity index is 829. The lowest BCUT2D eigenvalue weighted by atomic mass is 10.2. The van der Waals surface area contributed by atoms with Gasteiger partial charge in [0, 0.05) is 43.3 Å². The summed E-state index contributed by atoms with van der Waals surface area (Å²) in [7, 11) is 0. The molecule has 162 valence electrons. The highest BCUT2D eigenvalue weighted by molar-refractivity contribution is 6.30. The predicted octanol–water partition coefficient (Wildman–Crippen LogP) is 2.36. The highest BCUT2D eigenvalue weighted by atomic mass is 35.5. The molecule has 1 fully saturated rings. The molecule has 1 aliphatic heterocycles. The van der Waals surface area contributed by atoms with Crippen LogP contribution < -0.4 is 10.6 Å². The summed E-state index contributed by atoms with van der Waals surface area (Å²) in [6, 6.07) is 11.2. The van der Waals surface area contributed by atoms with Crippen LogP contribution in [-0.2, 0) is 16.1 Å². The molecule has 2 aromatic rings. The number of benzene rings is 1. The van der Waals surface area contributed by atoms with Crippen molar-refractivity contribution in [3.63, 3.8) is 0 Å². The number of halogens is 1. The number of nitrogens with one attached hydrogen (secondary N) is 2. The maximum atomic E-state index is 12.3. The summed E-state index contributed by atoms with van der Waals surface area (Å²) in [4.78, 5) is 28.3.